The Morgan fingerprint density at radius 2 is 2.25 bits per heavy atom. The zero-order valence-corrected chi connectivity index (χ0v) is 11.4. The van der Waals surface area contributed by atoms with E-state index in [0.717, 1.165) is 11.3 Å². The maximum atomic E-state index is 11.9. The summed E-state index contributed by atoms with van der Waals surface area (Å²) in [7, 11) is 0. The molecule has 5 heteroatoms. The second-order valence-electron chi connectivity index (χ2n) is 4.27. The van der Waals surface area contributed by atoms with Crippen LogP contribution in [0.3, 0.4) is 0 Å². The first-order valence-electron chi connectivity index (χ1n) is 6.50. The molecule has 0 aliphatic carbocycles. The minimum Gasteiger partial charge on any atom is -0.494 e. The van der Waals surface area contributed by atoms with E-state index in [2.05, 4.69) is 5.32 Å². The monoisotopic (exact) mass is 274 g/mol. The van der Waals surface area contributed by atoms with Crippen molar-refractivity contribution in [2.75, 3.05) is 6.61 Å². The van der Waals surface area contributed by atoms with Gasteiger partial charge in [0.15, 0.2) is 0 Å². The van der Waals surface area contributed by atoms with Crippen LogP contribution in [0.15, 0.2) is 41.0 Å². The van der Waals surface area contributed by atoms with E-state index in [1.54, 1.807) is 6.07 Å². The Bertz CT molecular complexity index is 578. The molecule has 2 rings (SSSR count). The van der Waals surface area contributed by atoms with E-state index in [9.17, 15) is 4.79 Å². The average Bonchev–Trinajstić information content (AvgIpc) is 2.94. The van der Waals surface area contributed by atoms with Crippen molar-refractivity contribution in [2.45, 2.75) is 20.0 Å². The summed E-state index contributed by atoms with van der Waals surface area (Å²) in [5, 5.41) is 2.83. The summed E-state index contributed by atoms with van der Waals surface area (Å²) in [5.41, 5.74) is 6.89. The van der Waals surface area contributed by atoms with E-state index >= 15 is 0 Å². The smallest absolute Gasteiger partial charge is 0.254 e. The van der Waals surface area contributed by atoms with Crippen LogP contribution in [0.4, 0.5) is 0 Å². The van der Waals surface area contributed by atoms with Crippen molar-refractivity contribution in [1.82, 2.24) is 5.32 Å². The van der Waals surface area contributed by atoms with E-state index in [1.165, 1.54) is 6.26 Å². The van der Waals surface area contributed by atoms with Crippen LogP contribution >= 0.6 is 0 Å². The number of nitrogens with one attached hydrogen (secondary N) is 1. The summed E-state index contributed by atoms with van der Waals surface area (Å²) >= 11 is 0. The van der Waals surface area contributed by atoms with Crippen molar-refractivity contribution in [2.24, 2.45) is 5.73 Å². The minimum absolute atomic E-state index is 0.185. The van der Waals surface area contributed by atoms with Crippen LogP contribution in [0.25, 0.3) is 0 Å². The van der Waals surface area contributed by atoms with Gasteiger partial charge in [-0.25, -0.2) is 0 Å². The number of carbonyl (C=O) groups excluding carboxylic acids is 1. The van der Waals surface area contributed by atoms with Gasteiger partial charge in [0.1, 0.15) is 17.8 Å². The Balaban J connectivity index is 1.94. The standard InChI is InChI=1S/C15H18N2O3/c1-2-19-13-5-3-4-11(6-13)9-17-15(18)12-7-14(8-16)20-10-12/h3-7,10H,2,8-9,16H2,1H3,(H,17,18). The van der Waals surface area contributed by atoms with Gasteiger partial charge in [-0.15, -0.1) is 0 Å². The van der Waals surface area contributed by atoms with E-state index in [-0.39, 0.29) is 12.5 Å². The Kier molecular flexibility index (Phi) is 4.79. The van der Waals surface area contributed by atoms with Gasteiger partial charge in [0.05, 0.1) is 18.7 Å². The minimum atomic E-state index is -0.185. The molecule has 0 aliphatic heterocycles. The third-order valence-corrected chi connectivity index (χ3v) is 2.78. The predicted molar refractivity (Wildman–Crippen MR) is 75.4 cm³/mol. The summed E-state index contributed by atoms with van der Waals surface area (Å²) in [5.74, 6) is 1.21. The molecule has 5 nitrogen and oxygen atoms in total. The molecular weight excluding hydrogens is 256 g/mol. The SMILES string of the molecule is CCOc1cccc(CNC(=O)c2coc(CN)c2)c1. The molecule has 1 aromatic carbocycles. The lowest BCUT2D eigenvalue weighted by Crippen LogP contribution is -2.22. The zero-order chi connectivity index (χ0) is 14.4. The molecule has 2 aromatic rings. The number of furan rings is 1. The predicted octanol–water partition coefficient (Wildman–Crippen LogP) is 2.07. The lowest BCUT2D eigenvalue weighted by molar-refractivity contribution is 0.0950. The number of hydrogen-bond acceptors (Lipinski definition) is 4. The molecule has 0 bridgehead atoms. The van der Waals surface area contributed by atoms with Crippen LogP contribution in [0.5, 0.6) is 5.75 Å². The molecule has 0 unspecified atom stereocenters. The quantitative estimate of drug-likeness (QED) is 0.845. The first kappa shape index (κ1) is 14.1. The van der Waals surface area contributed by atoms with Gasteiger partial charge in [0.2, 0.25) is 0 Å². The van der Waals surface area contributed by atoms with Gasteiger partial charge in [-0.1, -0.05) is 12.1 Å². The fourth-order valence-electron chi connectivity index (χ4n) is 1.80. The highest BCUT2D eigenvalue weighted by molar-refractivity contribution is 5.93. The number of hydrogen-bond donors (Lipinski definition) is 2. The second-order valence-corrected chi connectivity index (χ2v) is 4.27. The Morgan fingerprint density at radius 1 is 1.40 bits per heavy atom. The molecule has 0 fully saturated rings. The van der Waals surface area contributed by atoms with Crippen LogP contribution in [0.1, 0.15) is 28.6 Å². The summed E-state index contributed by atoms with van der Waals surface area (Å²) in [6.45, 7) is 3.27. The van der Waals surface area contributed by atoms with Gasteiger partial charge in [0, 0.05) is 6.54 Å². The number of amides is 1. The molecule has 3 N–H and O–H groups in total. The molecular formula is C15H18N2O3. The van der Waals surface area contributed by atoms with Crippen molar-refractivity contribution >= 4 is 5.91 Å². The first-order valence-corrected chi connectivity index (χ1v) is 6.50. The van der Waals surface area contributed by atoms with Gasteiger partial charge in [-0.2, -0.15) is 0 Å². The van der Waals surface area contributed by atoms with E-state index in [0.29, 0.717) is 24.5 Å². The van der Waals surface area contributed by atoms with Crippen LogP contribution in [-0.2, 0) is 13.1 Å². The van der Waals surface area contributed by atoms with Gasteiger partial charge >= 0.3 is 0 Å². The highest BCUT2D eigenvalue weighted by atomic mass is 16.5. The highest BCUT2D eigenvalue weighted by Crippen LogP contribution is 2.13. The van der Waals surface area contributed by atoms with E-state index in [1.807, 2.05) is 31.2 Å². The summed E-state index contributed by atoms with van der Waals surface area (Å²) < 4.78 is 10.5. The molecule has 1 heterocycles. The maximum absolute atomic E-state index is 11.9. The van der Waals surface area contributed by atoms with E-state index in [4.69, 9.17) is 14.9 Å². The van der Waals surface area contributed by atoms with Crippen LogP contribution < -0.4 is 15.8 Å². The fraction of sp³-hybridized carbons (Fsp3) is 0.267. The summed E-state index contributed by atoms with van der Waals surface area (Å²) in [6, 6.07) is 9.27. The molecule has 0 spiro atoms. The Labute approximate surface area is 117 Å². The summed E-state index contributed by atoms with van der Waals surface area (Å²) in [6.07, 6.45) is 1.41. The Hall–Kier alpha value is -2.27. The number of nitrogens with two attached hydrogens (primary N) is 1. The lowest BCUT2D eigenvalue weighted by Gasteiger charge is -2.07. The molecule has 1 amide bonds. The van der Waals surface area contributed by atoms with Crippen molar-refractivity contribution in [1.29, 1.82) is 0 Å². The number of carbonyl (C=O) groups is 1. The van der Waals surface area contributed by atoms with Crippen LogP contribution in [-0.4, -0.2) is 12.5 Å². The van der Waals surface area contributed by atoms with Crippen molar-refractivity contribution in [3.63, 3.8) is 0 Å². The lowest BCUT2D eigenvalue weighted by atomic mass is 10.2. The molecule has 0 aliphatic rings. The molecule has 0 radical (unpaired) electrons. The maximum Gasteiger partial charge on any atom is 0.254 e. The van der Waals surface area contributed by atoms with Gasteiger partial charge in [-0.3, -0.25) is 4.79 Å². The fourth-order valence-corrected chi connectivity index (χ4v) is 1.80. The Morgan fingerprint density at radius 3 is 2.95 bits per heavy atom. The highest BCUT2D eigenvalue weighted by Gasteiger charge is 2.09. The number of benzene rings is 1. The van der Waals surface area contributed by atoms with Crippen LogP contribution in [0.2, 0.25) is 0 Å². The zero-order valence-electron chi connectivity index (χ0n) is 11.4. The topological polar surface area (TPSA) is 77.5 Å². The van der Waals surface area contributed by atoms with E-state index < -0.39 is 0 Å². The first-order chi connectivity index (χ1) is 9.72. The number of ether oxygens (including phenoxy) is 1. The van der Waals surface area contributed by atoms with Crippen molar-refractivity contribution in [3.8, 4) is 5.75 Å². The number of rotatable bonds is 6. The molecule has 0 atom stereocenters. The largest absolute Gasteiger partial charge is 0.494 e. The molecule has 20 heavy (non-hydrogen) atoms. The van der Waals surface area contributed by atoms with Crippen molar-refractivity contribution in [3.05, 3.63) is 53.5 Å². The normalized spacial score (nSPS) is 10.3. The molecule has 0 saturated carbocycles. The van der Waals surface area contributed by atoms with Gasteiger partial charge in [-0.05, 0) is 30.7 Å². The average molecular weight is 274 g/mol. The third kappa shape index (κ3) is 3.61. The molecule has 1 aromatic heterocycles. The third-order valence-electron chi connectivity index (χ3n) is 2.78. The molecule has 0 saturated heterocycles. The van der Waals surface area contributed by atoms with Gasteiger partial charge in [0.25, 0.3) is 5.91 Å². The molecule has 106 valence electrons. The van der Waals surface area contributed by atoms with Crippen molar-refractivity contribution < 1.29 is 13.9 Å². The van der Waals surface area contributed by atoms with Crippen LogP contribution in [0, 0.1) is 0 Å². The van der Waals surface area contributed by atoms with Gasteiger partial charge < -0.3 is 20.2 Å². The second kappa shape index (κ2) is 6.77. The summed E-state index contributed by atoms with van der Waals surface area (Å²) in [4.78, 5) is 11.9.